The van der Waals surface area contributed by atoms with Gasteiger partial charge in [0.1, 0.15) is 10.6 Å². The average molecular weight is 405 g/mol. The van der Waals surface area contributed by atoms with Gasteiger partial charge in [0.05, 0.1) is 18.6 Å². The van der Waals surface area contributed by atoms with Crippen molar-refractivity contribution < 1.29 is 26.4 Å². The van der Waals surface area contributed by atoms with Crippen LogP contribution >= 0.6 is 0 Å². The highest BCUT2D eigenvalue weighted by molar-refractivity contribution is 7.91. The standard InChI is InChI=1S/C15H23N3O6S2/c1-11(19)18-12-3-4-14(24-2)15(9-12)26(22,23)17-7-6-16-13-5-8-25(20,21)10-13/h3-4,9,13,16-17H,5-8,10H2,1-2H3,(H,18,19)/t13-/m0/s1. The molecule has 0 saturated carbocycles. The van der Waals surface area contributed by atoms with E-state index in [2.05, 4.69) is 15.4 Å². The summed E-state index contributed by atoms with van der Waals surface area (Å²) in [5.74, 6) is 0.0687. The highest BCUT2D eigenvalue weighted by atomic mass is 32.2. The molecular formula is C15H23N3O6S2. The van der Waals surface area contributed by atoms with E-state index in [1.165, 1.54) is 26.2 Å². The Kier molecular flexibility index (Phi) is 6.61. The van der Waals surface area contributed by atoms with Crippen LogP contribution in [0.2, 0.25) is 0 Å². The number of methoxy groups -OCH3 is 1. The van der Waals surface area contributed by atoms with Gasteiger partial charge >= 0.3 is 0 Å². The van der Waals surface area contributed by atoms with Crippen molar-refractivity contribution in [1.29, 1.82) is 0 Å². The molecule has 1 aliphatic rings. The molecule has 26 heavy (non-hydrogen) atoms. The molecule has 1 aromatic rings. The first kappa shape index (κ1) is 20.6. The molecule has 0 bridgehead atoms. The van der Waals surface area contributed by atoms with Crippen LogP contribution < -0.4 is 20.1 Å². The quantitative estimate of drug-likeness (QED) is 0.507. The highest BCUT2D eigenvalue weighted by Gasteiger charge is 2.27. The number of sulfonamides is 1. The number of carbonyl (C=O) groups is 1. The zero-order valence-corrected chi connectivity index (χ0v) is 16.2. The molecule has 1 saturated heterocycles. The van der Waals surface area contributed by atoms with Gasteiger partial charge in [-0.1, -0.05) is 0 Å². The van der Waals surface area contributed by atoms with Crippen LogP contribution in [0.3, 0.4) is 0 Å². The lowest BCUT2D eigenvalue weighted by Gasteiger charge is -2.14. The van der Waals surface area contributed by atoms with Crippen molar-refractivity contribution in [3.05, 3.63) is 18.2 Å². The summed E-state index contributed by atoms with van der Waals surface area (Å²) in [5, 5.41) is 5.56. The zero-order chi connectivity index (χ0) is 19.4. The van der Waals surface area contributed by atoms with Gasteiger partial charge in [-0.3, -0.25) is 4.79 Å². The van der Waals surface area contributed by atoms with Crippen molar-refractivity contribution >= 4 is 31.5 Å². The Balaban J connectivity index is 1.99. The molecule has 0 aromatic heterocycles. The lowest BCUT2D eigenvalue weighted by molar-refractivity contribution is -0.114. The van der Waals surface area contributed by atoms with Gasteiger partial charge < -0.3 is 15.4 Å². The zero-order valence-electron chi connectivity index (χ0n) is 14.6. The molecule has 9 nitrogen and oxygen atoms in total. The third kappa shape index (κ3) is 5.66. The molecule has 0 radical (unpaired) electrons. The van der Waals surface area contributed by atoms with Crippen LogP contribution in [0.25, 0.3) is 0 Å². The Morgan fingerprint density at radius 3 is 2.62 bits per heavy atom. The van der Waals surface area contributed by atoms with Crippen LogP contribution in [0.4, 0.5) is 5.69 Å². The van der Waals surface area contributed by atoms with Crippen molar-refractivity contribution in [1.82, 2.24) is 10.0 Å². The molecule has 146 valence electrons. The second-order valence-electron chi connectivity index (χ2n) is 6.00. The summed E-state index contributed by atoms with van der Waals surface area (Å²) in [5.41, 5.74) is 0.341. The smallest absolute Gasteiger partial charge is 0.244 e. The maximum absolute atomic E-state index is 12.5. The Bertz CT molecular complexity index is 867. The van der Waals surface area contributed by atoms with E-state index in [1.807, 2.05) is 0 Å². The fourth-order valence-corrected chi connectivity index (χ4v) is 5.60. The van der Waals surface area contributed by atoms with Crippen molar-refractivity contribution in [2.75, 3.05) is 37.0 Å². The molecule has 1 aliphatic heterocycles. The summed E-state index contributed by atoms with van der Waals surface area (Å²) in [6.07, 6.45) is 0.529. The van der Waals surface area contributed by atoms with Gasteiger partial charge in [0.25, 0.3) is 0 Å². The average Bonchev–Trinajstić information content (AvgIpc) is 2.90. The van der Waals surface area contributed by atoms with Gasteiger partial charge in [-0.25, -0.2) is 21.6 Å². The maximum atomic E-state index is 12.5. The van der Waals surface area contributed by atoms with Crippen molar-refractivity contribution in [2.24, 2.45) is 0 Å². The van der Waals surface area contributed by atoms with Crippen LogP contribution in [-0.2, 0) is 24.7 Å². The van der Waals surface area contributed by atoms with Gasteiger partial charge in [-0.05, 0) is 24.6 Å². The summed E-state index contributed by atoms with van der Waals surface area (Å²) in [4.78, 5) is 11.1. The van der Waals surface area contributed by atoms with Gasteiger partial charge in [-0.15, -0.1) is 0 Å². The summed E-state index contributed by atoms with van der Waals surface area (Å²) >= 11 is 0. The Labute approximate surface area is 153 Å². The SMILES string of the molecule is COc1ccc(NC(C)=O)cc1S(=O)(=O)NCCN[C@H]1CCS(=O)(=O)C1. The van der Waals surface area contributed by atoms with Gasteiger partial charge in [-0.2, -0.15) is 0 Å². The van der Waals surface area contributed by atoms with Crippen LogP contribution in [0.5, 0.6) is 5.75 Å². The molecule has 0 spiro atoms. The number of amides is 1. The number of nitrogens with one attached hydrogen (secondary N) is 3. The third-order valence-corrected chi connectivity index (χ3v) is 7.11. The van der Waals surface area contributed by atoms with Gasteiger partial charge in [0, 0.05) is 31.7 Å². The van der Waals surface area contributed by atoms with Crippen LogP contribution in [0, 0.1) is 0 Å². The number of hydrogen-bond acceptors (Lipinski definition) is 7. The van der Waals surface area contributed by atoms with E-state index >= 15 is 0 Å². The van der Waals surface area contributed by atoms with E-state index in [4.69, 9.17) is 4.74 Å². The lowest BCUT2D eigenvalue weighted by atomic mass is 10.3. The van der Waals surface area contributed by atoms with E-state index in [0.717, 1.165) is 0 Å². The van der Waals surface area contributed by atoms with Crippen molar-refractivity contribution in [3.63, 3.8) is 0 Å². The maximum Gasteiger partial charge on any atom is 0.244 e. The summed E-state index contributed by atoms with van der Waals surface area (Å²) in [6, 6.07) is 4.17. The molecule has 0 unspecified atom stereocenters. The molecule has 1 atom stereocenters. The first-order valence-electron chi connectivity index (χ1n) is 8.02. The molecule has 1 aromatic carbocycles. The third-order valence-electron chi connectivity index (χ3n) is 3.86. The topological polar surface area (TPSA) is 131 Å². The lowest BCUT2D eigenvalue weighted by Crippen LogP contribution is -2.37. The molecule has 3 N–H and O–H groups in total. The number of ether oxygens (including phenoxy) is 1. The normalized spacial score (nSPS) is 19.2. The van der Waals surface area contributed by atoms with Crippen LogP contribution in [0.15, 0.2) is 23.1 Å². The summed E-state index contributed by atoms with van der Waals surface area (Å²) < 4.78 is 55.4. The number of carbonyl (C=O) groups excluding carboxylic acids is 1. The van der Waals surface area contributed by atoms with Crippen molar-refractivity contribution in [2.45, 2.75) is 24.3 Å². The first-order valence-corrected chi connectivity index (χ1v) is 11.3. The van der Waals surface area contributed by atoms with Crippen LogP contribution in [-0.4, -0.2) is 60.5 Å². The first-order chi connectivity index (χ1) is 12.1. The molecular weight excluding hydrogens is 382 g/mol. The number of rotatable bonds is 8. The monoisotopic (exact) mass is 405 g/mol. The largest absolute Gasteiger partial charge is 0.495 e. The van der Waals surface area contributed by atoms with E-state index < -0.39 is 19.9 Å². The van der Waals surface area contributed by atoms with Crippen LogP contribution in [0.1, 0.15) is 13.3 Å². The predicted octanol–water partition coefficient (Wildman–Crippen LogP) is -0.291. The van der Waals surface area contributed by atoms with E-state index in [-0.39, 0.29) is 40.6 Å². The summed E-state index contributed by atoms with van der Waals surface area (Å²) in [7, 11) is -5.49. The minimum atomic E-state index is -3.86. The molecule has 11 heteroatoms. The Hall–Kier alpha value is -1.69. The molecule has 2 rings (SSSR count). The number of anilines is 1. The van der Waals surface area contributed by atoms with Gasteiger partial charge in [0.15, 0.2) is 9.84 Å². The molecule has 1 amide bonds. The van der Waals surface area contributed by atoms with Crippen molar-refractivity contribution in [3.8, 4) is 5.75 Å². The minimum absolute atomic E-state index is 0.0757. The Morgan fingerprint density at radius 1 is 1.31 bits per heavy atom. The fraction of sp³-hybridized carbons (Fsp3) is 0.533. The minimum Gasteiger partial charge on any atom is -0.495 e. The van der Waals surface area contributed by atoms with E-state index in [1.54, 1.807) is 6.07 Å². The van der Waals surface area contributed by atoms with E-state index in [0.29, 0.717) is 18.7 Å². The number of sulfone groups is 1. The second kappa shape index (κ2) is 8.33. The molecule has 1 heterocycles. The number of benzene rings is 1. The van der Waals surface area contributed by atoms with Gasteiger partial charge in [0.2, 0.25) is 15.9 Å². The van der Waals surface area contributed by atoms with E-state index in [9.17, 15) is 21.6 Å². The fourth-order valence-electron chi connectivity index (χ4n) is 2.66. The second-order valence-corrected chi connectivity index (χ2v) is 9.96. The summed E-state index contributed by atoms with van der Waals surface area (Å²) in [6.45, 7) is 1.71. The predicted molar refractivity (Wildman–Crippen MR) is 97.5 cm³/mol. The molecule has 0 aliphatic carbocycles. The number of hydrogen-bond donors (Lipinski definition) is 3. The Morgan fingerprint density at radius 2 is 2.04 bits per heavy atom. The highest BCUT2D eigenvalue weighted by Crippen LogP contribution is 2.27. The molecule has 1 fully saturated rings.